The van der Waals surface area contributed by atoms with Gasteiger partial charge in [0, 0.05) is 10.0 Å². The minimum absolute atomic E-state index is 0.0787. The normalized spacial score (nSPS) is 17.1. The molecule has 0 saturated carbocycles. The van der Waals surface area contributed by atoms with Gasteiger partial charge in [-0.05, 0) is 28.1 Å². The second-order valence-corrected chi connectivity index (χ2v) is 5.05. The lowest BCUT2D eigenvalue weighted by atomic mass is 10.0. The van der Waals surface area contributed by atoms with Crippen LogP contribution in [0, 0.1) is 0 Å². The number of hydrogen-bond acceptors (Lipinski definition) is 3. The van der Waals surface area contributed by atoms with Crippen molar-refractivity contribution in [2.45, 2.75) is 11.8 Å². The summed E-state index contributed by atoms with van der Waals surface area (Å²) in [6.45, 7) is 0. The molecule has 0 aromatic heterocycles. The van der Waals surface area contributed by atoms with Crippen molar-refractivity contribution >= 4 is 31.9 Å². The van der Waals surface area contributed by atoms with Crippen molar-refractivity contribution in [3.8, 4) is 5.75 Å². The van der Waals surface area contributed by atoms with Gasteiger partial charge in [-0.2, -0.15) is 13.2 Å². The molecule has 8 heteroatoms. The lowest BCUT2D eigenvalue weighted by Gasteiger charge is -2.17. The summed E-state index contributed by atoms with van der Waals surface area (Å²) < 4.78 is 44.3. The highest BCUT2D eigenvalue weighted by Crippen LogP contribution is 2.55. The lowest BCUT2D eigenvalue weighted by molar-refractivity contribution is -0.166. The molecular formula is C9H5Br2F3N2O. The summed E-state index contributed by atoms with van der Waals surface area (Å²) in [6.07, 6.45) is -4.55. The fourth-order valence-electron chi connectivity index (χ4n) is 1.38. The molecule has 1 aliphatic heterocycles. The van der Waals surface area contributed by atoms with E-state index in [1.807, 2.05) is 0 Å². The highest BCUT2D eigenvalue weighted by atomic mass is 79.9. The van der Waals surface area contributed by atoms with Gasteiger partial charge in [-0.3, -0.25) is 0 Å². The van der Waals surface area contributed by atoms with E-state index in [2.05, 4.69) is 42.1 Å². The molecule has 0 spiro atoms. The first-order chi connectivity index (χ1) is 7.82. The maximum Gasteiger partial charge on any atom is 0.442 e. The molecule has 1 aromatic carbocycles. The Hall–Kier alpha value is -0.630. The van der Waals surface area contributed by atoms with Gasteiger partial charge in [0.25, 0.3) is 0 Å². The Morgan fingerprint density at radius 2 is 1.76 bits per heavy atom. The summed E-state index contributed by atoms with van der Waals surface area (Å²) in [4.78, 5) is 0. The van der Waals surface area contributed by atoms with Crippen molar-refractivity contribution in [2.75, 3.05) is 7.11 Å². The van der Waals surface area contributed by atoms with Gasteiger partial charge in [-0.15, -0.1) is 10.2 Å². The fourth-order valence-corrected chi connectivity index (χ4v) is 2.81. The van der Waals surface area contributed by atoms with Crippen LogP contribution in [0.5, 0.6) is 5.75 Å². The average Bonchev–Trinajstić information content (AvgIpc) is 2.98. The van der Waals surface area contributed by atoms with Crippen molar-refractivity contribution in [3.05, 3.63) is 26.6 Å². The van der Waals surface area contributed by atoms with Crippen LogP contribution in [0.25, 0.3) is 0 Å². The topological polar surface area (TPSA) is 34.0 Å². The standard InChI is InChI=1S/C9H5Br2F3N2O/c1-17-7-2-4(5(10)3-6(7)11)8(15-16-8)9(12,13)14/h2-3H,1H3. The molecule has 92 valence electrons. The molecule has 0 saturated heterocycles. The summed E-state index contributed by atoms with van der Waals surface area (Å²) in [5.41, 5.74) is -2.52. The number of rotatable bonds is 2. The Bertz CT molecular complexity index is 496. The smallest absolute Gasteiger partial charge is 0.442 e. The molecule has 0 N–H and O–H groups in total. The number of benzene rings is 1. The maximum absolute atomic E-state index is 12.8. The third-order valence-corrected chi connectivity index (χ3v) is 3.59. The first kappa shape index (κ1) is 12.8. The molecule has 0 fully saturated rings. The molecule has 0 amide bonds. The van der Waals surface area contributed by atoms with E-state index in [0.29, 0.717) is 10.2 Å². The third-order valence-electron chi connectivity index (χ3n) is 2.31. The number of alkyl halides is 3. The minimum atomic E-state index is -4.55. The first-order valence-electron chi connectivity index (χ1n) is 4.36. The van der Waals surface area contributed by atoms with Crippen molar-refractivity contribution < 1.29 is 17.9 Å². The van der Waals surface area contributed by atoms with Crippen LogP contribution in [-0.2, 0) is 5.66 Å². The molecule has 0 radical (unpaired) electrons. The molecule has 1 heterocycles. The monoisotopic (exact) mass is 372 g/mol. The predicted octanol–water partition coefficient (Wildman–Crippen LogP) is 4.40. The van der Waals surface area contributed by atoms with Crippen LogP contribution in [0.4, 0.5) is 13.2 Å². The zero-order valence-electron chi connectivity index (χ0n) is 8.35. The Morgan fingerprint density at radius 3 is 2.18 bits per heavy atom. The largest absolute Gasteiger partial charge is 0.496 e. The second-order valence-electron chi connectivity index (χ2n) is 3.34. The maximum atomic E-state index is 12.8. The van der Waals surface area contributed by atoms with Crippen LogP contribution in [0.2, 0.25) is 0 Å². The van der Waals surface area contributed by atoms with E-state index >= 15 is 0 Å². The van der Waals surface area contributed by atoms with Crippen molar-refractivity contribution in [1.82, 2.24) is 0 Å². The highest BCUT2D eigenvalue weighted by molar-refractivity contribution is 9.11. The average molecular weight is 374 g/mol. The van der Waals surface area contributed by atoms with E-state index < -0.39 is 11.8 Å². The minimum Gasteiger partial charge on any atom is -0.496 e. The fraction of sp³-hybridized carbons (Fsp3) is 0.333. The summed E-state index contributed by atoms with van der Waals surface area (Å²) in [7, 11) is 1.37. The first-order valence-corrected chi connectivity index (χ1v) is 5.95. The molecule has 3 nitrogen and oxygen atoms in total. The molecule has 0 bridgehead atoms. The zero-order chi connectivity index (χ0) is 12.8. The van der Waals surface area contributed by atoms with Gasteiger partial charge in [0.15, 0.2) is 0 Å². The number of halogens is 5. The Labute approximate surface area is 111 Å². The van der Waals surface area contributed by atoms with E-state index in [-0.39, 0.29) is 10.0 Å². The van der Waals surface area contributed by atoms with E-state index in [9.17, 15) is 13.2 Å². The predicted molar refractivity (Wildman–Crippen MR) is 61.0 cm³/mol. The third kappa shape index (κ3) is 1.97. The van der Waals surface area contributed by atoms with Gasteiger partial charge in [0.2, 0.25) is 0 Å². The van der Waals surface area contributed by atoms with Crippen molar-refractivity contribution in [2.24, 2.45) is 10.2 Å². The zero-order valence-corrected chi connectivity index (χ0v) is 11.5. The van der Waals surface area contributed by atoms with Gasteiger partial charge in [0.05, 0.1) is 11.6 Å². The molecule has 1 aromatic rings. The van der Waals surface area contributed by atoms with Crippen LogP contribution in [0.15, 0.2) is 31.3 Å². The SMILES string of the molecule is COc1cc(C2(C(F)(F)F)N=N2)c(Br)cc1Br. The quantitative estimate of drug-likeness (QED) is 0.756. The summed E-state index contributed by atoms with van der Waals surface area (Å²) >= 11 is 6.25. The van der Waals surface area contributed by atoms with Crippen LogP contribution >= 0.6 is 31.9 Å². The summed E-state index contributed by atoms with van der Waals surface area (Å²) in [5.74, 6) is 0.295. The molecule has 1 aliphatic rings. The van der Waals surface area contributed by atoms with Gasteiger partial charge >= 0.3 is 11.8 Å². The van der Waals surface area contributed by atoms with E-state index in [1.165, 1.54) is 19.2 Å². The van der Waals surface area contributed by atoms with Gasteiger partial charge in [-0.25, -0.2) is 0 Å². The van der Waals surface area contributed by atoms with Gasteiger partial charge in [0.1, 0.15) is 5.75 Å². The summed E-state index contributed by atoms with van der Waals surface area (Å²) in [6, 6.07) is 2.74. The van der Waals surface area contributed by atoms with Crippen LogP contribution in [0.3, 0.4) is 0 Å². The van der Waals surface area contributed by atoms with Crippen LogP contribution in [0.1, 0.15) is 5.56 Å². The Morgan fingerprint density at radius 1 is 1.18 bits per heavy atom. The lowest BCUT2D eigenvalue weighted by Crippen LogP contribution is -2.30. The van der Waals surface area contributed by atoms with E-state index in [1.54, 1.807) is 0 Å². The molecule has 0 aliphatic carbocycles. The Balaban J connectivity index is 2.54. The summed E-state index contributed by atoms with van der Waals surface area (Å²) in [5, 5.41) is 6.28. The van der Waals surface area contributed by atoms with Crippen molar-refractivity contribution in [1.29, 1.82) is 0 Å². The van der Waals surface area contributed by atoms with Crippen LogP contribution in [-0.4, -0.2) is 13.3 Å². The number of nitrogens with zero attached hydrogens (tertiary/aromatic N) is 2. The number of methoxy groups -OCH3 is 1. The van der Waals surface area contributed by atoms with E-state index in [4.69, 9.17) is 4.74 Å². The number of ether oxygens (including phenoxy) is 1. The molecule has 2 rings (SSSR count). The molecule has 0 unspecified atom stereocenters. The van der Waals surface area contributed by atoms with Crippen LogP contribution < -0.4 is 4.74 Å². The number of hydrogen-bond donors (Lipinski definition) is 0. The van der Waals surface area contributed by atoms with Gasteiger partial charge < -0.3 is 4.74 Å². The van der Waals surface area contributed by atoms with Gasteiger partial charge in [-0.1, -0.05) is 15.9 Å². The molecular weight excluding hydrogens is 369 g/mol. The second kappa shape index (κ2) is 3.94. The molecule has 0 atom stereocenters. The van der Waals surface area contributed by atoms with Crippen molar-refractivity contribution in [3.63, 3.8) is 0 Å². The van der Waals surface area contributed by atoms with E-state index in [0.717, 1.165) is 0 Å². The molecule has 17 heavy (non-hydrogen) atoms. The Kier molecular flexibility index (Phi) is 2.97. The highest BCUT2D eigenvalue weighted by Gasteiger charge is 2.66.